The molecular formula is C40H27NS. The first-order valence-corrected chi connectivity index (χ1v) is 15.1. The summed E-state index contributed by atoms with van der Waals surface area (Å²) in [5.74, 6) is 0. The quantitative estimate of drug-likeness (QED) is 0.223. The molecule has 0 saturated heterocycles. The van der Waals surface area contributed by atoms with E-state index >= 15 is 0 Å². The molecule has 1 aromatic heterocycles. The summed E-state index contributed by atoms with van der Waals surface area (Å²) >= 11 is 1.88. The lowest BCUT2D eigenvalue weighted by Gasteiger charge is -2.13. The first-order chi connectivity index (χ1) is 20.8. The smallest absolute Gasteiger partial charge is 0.0479 e. The van der Waals surface area contributed by atoms with Crippen LogP contribution in [0.15, 0.2) is 158 Å². The van der Waals surface area contributed by atoms with Gasteiger partial charge in [-0.15, -0.1) is 11.3 Å². The van der Waals surface area contributed by atoms with Gasteiger partial charge in [-0.25, -0.2) is 0 Å². The van der Waals surface area contributed by atoms with Crippen LogP contribution in [0.4, 0.5) is 11.4 Å². The lowest BCUT2D eigenvalue weighted by Crippen LogP contribution is -1.92. The van der Waals surface area contributed by atoms with Gasteiger partial charge >= 0.3 is 0 Å². The summed E-state index contributed by atoms with van der Waals surface area (Å²) in [6.07, 6.45) is 0. The topological polar surface area (TPSA) is 12.0 Å². The molecule has 0 spiro atoms. The van der Waals surface area contributed by atoms with E-state index in [1.165, 1.54) is 64.3 Å². The van der Waals surface area contributed by atoms with Gasteiger partial charge in [0.05, 0.1) is 0 Å². The summed E-state index contributed by atoms with van der Waals surface area (Å²) in [5.41, 5.74) is 9.67. The van der Waals surface area contributed by atoms with Gasteiger partial charge in [-0.2, -0.15) is 0 Å². The Kier molecular flexibility index (Phi) is 6.05. The number of benzene rings is 7. The third-order valence-corrected chi connectivity index (χ3v) is 9.26. The molecule has 0 aliphatic carbocycles. The second-order valence-electron chi connectivity index (χ2n) is 10.6. The van der Waals surface area contributed by atoms with Crippen LogP contribution in [0.1, 0.15) is 0 Å². The van der Waals surface area contributed by atoms with Gasteiger partial charge in [0.15, 0.2) is 0 Å². The Balaban J connectivity index is 1.23. The Bertz CT molecular complexity index is 2190. The Labute approximate surface area is 249 Å². The summed E-state index contributed by atoms with van der Waals surface area (Å²) in [6.45, 7) is 0. The van der Waals surface area contributed by atoms with Gasteiger partial charge in [-0.3, -0.25) is 0 Å². The van der Waals surface area contributed by atoms with Crippen LogP contribution < -0.4 is 5.32 Å². The van der Waals surface area contributed by atoms with Crippen LogP contribution in [-0.4, -0.2) is 0 Å². The van der Waals surface area contributed by atoms with E-state index in [0.29, 0.717) is 0 Å². The number of anilines is 2. The molecule has 0 aliphatic heterocycles. The Morgan fingerprint density at radius 2 is 1.10 bits per heavy atom. The maximum atomic E-state index is 3.77. The van der Waals surface area contributed by atoms with Gasteiger partial charge in [-0.05, 0) is 68.4 Å². The van der Waals surface area contributed by atoms with Crippen molar-refractivity contribution in [3.05, 3.63) is 158 Å². The highest BCUT2D eigenvalue weighted by atomic mass is 32.1. The van der Waals surface area contributed by atoms with Crippen molar-refractivity contribution in [3.63, 3.8) is 0 Å². The molecule has 0 bridgehead atoms. The number of thiophene rings is 1. The van der Waals surface area contributed by atoms with Crippen molar-refractivity contribution < 1.29 is 0 Å². The van der Waals surface area contributed by atoms with Gasteiger partial charge in [0, 0.05) is 31.5 Å². The molecule has 42 heavy (non-hydrogen) atoms. The van der Waals surface area contributed by atoms with E-state index in [1.807, 2.05) is 11.3 Å². The molecule has 0 unspecified atom stereocenters. The highest BCUT2D eigenvalue weighted by Gasteiger charge is 2.16. The molecule has 1 N–H and O–H groups in total. The molecule has 1 nitrogen and oxygen atoms in total. The molecule has 8 rings (SSSR count). The molecule has 0 radical (unpaired) electrons. The van der Waals surface area contributed by atoms with Crippen LogP contribution in [0.3, 0.4) is 0 Å². The van der Waals surface area contributed by atoms with E-state index in [9.17, 15) is 0 Å². The fourth-order valence-corrected chi connectivity index (χ4v) is 7.31. The summed E-state index contributed by atoms with van der Waals surface area (Å²) in [6, 6.07) is 56.7. The van der Waals surface area contributed by atoms with Crippen molar-refractivity contribution in [2.24, 2.45) is 0 Å². The second kappa shape index (κ2) is 10.3. The summed E-state index contributed by atoms with van der Waals surface area (Å²) in [5, 5.41) is 8.86. The number of nitrogens with one attached hydrogen (secondary N) is 1. The molecule has 2 heteroatoms. The van der Waals surface area contributed by atoms with Crippen LogP contribution in [0.5, 0.6) is 0 Å². The van der Waals surface area contributed by atoms with Crippen molar-refractivity contribution in [2.75, 3.05) is 5.32 Å². The van der Waals surface area contributed by atoms with E-state index in [0.717, 1.165) is 11.4 Å². The molecule has 0 aliphatic rings. The third-order valence-electron chi connectivity index (χ3n) is 8.08. The fourth-order valence-electron chi connectivity index (χ4n) is 6.00. The summed E-state index contributed by atoms with van der Waals surface area (Å²) in [4.78, 5) is 0. The minimum absolute atomic E-state index is 1.08. The van der Waals surface area contributed by atoms with Crippen molar-refractivity contribution >= 4 is 53.7 Å². The van der Waals surface area contributed by atoms with E-state index in [1.54, 1.807) is 0 Å². The summed E-state index contributed by atoms with van der Waals surface area (Å²) in [7, 11) is 0. The normalized spacial score (nSPS) is 11.3. The SMILES string of the molecule is c1ccc(-c2ccc3c(c2)sc2c(-c4ccccc4)ccc(Nc4ccc(-c5cccc6ccccc56)cc4)c23)cc1. The molecule has 7 aromatic carbocycles. The molecule has 0 amide bonds. The highest BCUT2D eigenvalue weighted by Crippen LogP contribution is 2.45. The zero-order valence-corrected chi connectivity index (χ0v) is 23.7. The zero-order chi connectivity index (χ0) is 27.9. The Morgan fingerprint density at radius 3 is 1.90 bits per heavy atom. The molecule has 8 aromatic rings. The third kappa shape index (κ3) is 4.34. The van der Waals surface area contributed by atoms with Crippen LogP contribution >= 0.6 is 11.3 Å². The molecule has 198 valence electrons. The number of rotatable bonds is 5. The first kappa shape index (κ1) is 24.6. The Morgan fingerprint density at radius 1 is 0.429 bits per heavy atom. The maximum absolute atomic E-state index is 3.77. The Hall–Kier alpha value is -5.18. The second-order valence-corrected chi connectivity index (χ2v) is 11.7. The number of fused-ring (bicyclic) bond motifs is 4. The minimum atomic E-state index is 1.08. The van der Waals surface area contributed by atoms with E-state index in [-0.39, 0.29) is 0 Å². The molecule has 0 saturated carbocycles. The lowest BCUT2D eigenvalue weighted by atomic mass is 9.98. The van der Waals surface area contributed by atoms with Gasteiger partial charge in [0.25, 0.3) is 0 Å². The fraction of sp³-hybridized carbons (Fsp3) is 0. The van der Waals surface area contributed by atoms with Crippen LogP contribution in [0, 0.1) is 0 Å². The zero-order valence-electron chi connectivity index (χ0n) is 22.9. The van der Waals surface area contributed by atoms with Gasteiger partial charge in [-0.1, -0.05) is 133 Å². The van der Waals surface area contributed by atoms with Crippen LogP contribution in [0.25, 0.3) is 64.3 Å². The average molecular weight is 554 g/mol. The van der Waals surface area contributed by atoms with Crippen molar-refractivity contribution in [2.45, 2.75) is 0 Å². The highest BCUT2D eigenvalue weighted by molar-refractivity contribution is 7.26. The molecule has 0 fully saturated rings. The van der Waals surface area contributed by atoms with Crippen LogP contribution in [0.2, 0.25) is 0 Å². The lowest BCUT2D eigenvalue weighted by molar-refractivity contribution is 1.57. The largest absolute Gasteiger partial charge is 0.355 e. The molecule has 1 heterocycles. The first-order valence-electron chi connectivity index (χ1n) is 14.3. The number of hydrogen-bond acceptors (Lipinski definition) is 2. The van der Waals surface area contributed by atoms with Crippen molar-refractivity contribution in [3.8, 4) is 33.4 Å². The van der Waals surface area contributed by atoms with E-state index in [2.05, 4.69) is 163 Å². The van der Waals surface area contributed by atoms with E-state index in [4.69, 9.17) is 0 Å². The average Bonchev–Trinajstić information content (AvgIpc) is 3.45. The van der Waals surface area contributed by atoms with Crippen LogP contribution in [-0.2, 0) is 0 Å². The van der Waals surface area contributed by atoms with Crippen molar-refractivity contribution in [1.82, 2.24) is 0 Å². The predicted octanol–water partition coefficient (Wildman–Crippen LogP) is 12.0. The van der Waals surface area contributed by atoms with Gasteiger partial charge < -0.3 is 5.32 Å². The number of hydrogen-bond donors (Lipinski definition) is 1. The minimum Gasteiger partial charge on any atom is -0.355 e. The maximum Gasteiger partial charge on any atom is 0.0479 e. The molecule has 0 atom stereocenters. The summed E-state index contributed by atoms with van der Waals surface area (Å²) < 4.78 is 2.60. The standard InChI is InChI=1S/C40H27NS/c1-3-10-27(11-4-1)31-20-23-36-38(26-31)42-40-35(29-12-5-2-6-13-29)24-25-37(39(36)40)41-32-21-18-30(19-22-32)34-17-9-15-28-14-7-8-16-33(28)34/h1-26,41H. The van der Waals surface area contributed by atoms with E-state index < -0.39 is 0 Å². The van der Waals surface area contributed by atoms with Crippen molar-refractivity contribution in [1.29, 1.82) is 0 Å². The van der Waals surface area contributed by atoms with Gasteiger partial charge in [0.2, 0.25) is 0 Å². The predicted molar refractivity (Wildman–Crippen MR) is 183 cm³/mol. The monoisotopic (exact) mass is 553 g/mol. The molecular weight excluding hydrogens is 527 g/mol. The van der Waals surface area contributed by atoms with Gasteiger partial charge in [0.1, 0.15) is 0 Å².